The highest BCUT2D eigenvalue weighted by Crippen LogP contribution is 2.62. The van der Waals surface area contributed by atoms with E-state index in [-0.39, 0.29) is 0 Å². The number of para-hydroxylation sites is 4. The Bertz CT molecular complexity index is 3110. The molecule has 12 rings (SSSR count). The van der Waals surface area contributed by atoms with Crippen molar-refractivity contribution in [2.24, 2.45) is 0 Å². The van der Waals surface area contributed by atoms with Gasteiger partial charge in [0.25, 0.3) is 0 Å². The molecule has 1 atom stereocenters. The van der Waals surface area contributed by atoms with E-state index in [0.29, 0.717) is 0 Å². The highest BCUT2D eigenvalue weighted by Gasteiger charge is 2.50. The van der Waals surface area contributed by atoms with Crippen LogP contribution >= 0.6 is 11.8 Å². The minimum Gasteiger partial charge on any atom is -0.309 e. The molecule has 2 aromatic heterocycles. The van der Waals surface area contributed by atoms with Crippen LogP contribution in [0.25, 0.3) is 66.1 Å². The highest BCUT2D eigenvalue weighted by atomic mass is 32.2. The number of aromatic nitrogens is 2. The second-order valence-corrected chi connectivity index (χ2v) is 15.1. The SMILES string of the molecule is c1ccc(-c2cccc(-n3c4ccccc4c4c5c(ccc43)C3(c4ccccc4S5)c4ccccc4-n4c5ccccc5c5cccc3c54)c2)cc1. The predicted octanol–water partition coefficient (Wildman–Crippen LogP) is 12.7. The van der Waals surface area contributed by atoms with Gasteiger partial charge in [-0.15, -0.1) is 0 Å². The molecule has 0 saturated carbocycles. The summed E-state index contributed by atoms with van der Waals surface area (Å²) < 4.78 is 4.99. The molecule has 52 heavy (non-hydrogen) atoms. The fourth-order valence-electron chi connectivity index (χ4n) is 9.57. The van der Waals surface area contributed by atoms with Crippen LogP contribution in [0.3, 0.4) is 0 Å². The van der Waals surface area contributed by atoms with Crippen molar-refractivity contribution in [3.63, 3.8) is 0 Å². The van der Waals surface area contributed by atoms with E-state index in [4.69, 9.17) is 0 Å². The number of benzene rings is 8. The van der Waals surface area contributed by atoms with Crippen molar-refractivity contribution >= 4 is 55.4 Å². The molecule has 2 aliphatic heterocycles. The van der Waals surface area contributed by atoms with Crippen LogP contribution in [0.2, 0.25) is 0 Å². The Balaban J connectivity index is 1.23. The minimum atomic E-state index is -0.512. The summed E-state index contributed by atoms with van der Waals surface area (Å²) in [6.45, 7) is 0. The zero-order chi connectivity index (χ0) is 34.0. The Hall–Kier alpha value is -6.29. The molecule has 0 aliphatic carbocycles. The first kappa shape index (κ1) is 28.4. The molecule has 8 aromatic carbocycles. The molecule has 3 heteroatoms. The maximum atomic E-state index is 2.52. The molecule has 0 radical (unpaired) electrons. The summed E-state index contributed by atoms with van der Waals surface area (Å²) in [5, 5.41) is 5.18. The van der Waals surface area contributed by atoms with E-state index in [2.05, 4.69) is 191 Å². The van der Waals surface area contributed by atoms with Crippen molar-refractivity contribution in [2.45, 2.75) is 15.2 Å². The maximum absolute atomic E-state index is 2.52. The summed E-state index contributed by atoms with van der Waals surface area (Å²) in [5.74, 6) is 0. The molecule has 242 valence electrons. The summed E-state index contributed by atoms with van der Waals surface area (Å²) in [4.78, 5) is 2.64. The van der Waals surface area contributed by atoms with E-state index in [0.717, 1.165) is 0 Å². The van der Waals surface area contributed by atoms with Crippen LogP contribution < -0.4 is 0 Å². The van der Waals surface area contributed by atoms with Gasteiger partial charge in [0.05, 0.1) is 33.2 Å². The van der Waals surface area contributed by atoms with Gasteiger partial charge in [0, 0.05) is 37.0 Å². The molecule has 0 saturated heterocycles. The lowest BCUT2D eigenvalue weighted by molar-refractivity contribution is 0.692. The maximum Gasteiger partial charge on any atom is 0.0764 e. The molecule has 2 nitrogen and oxygen atoms in total. The summed E-state index contributed by atoms with van der Waals surface area (Å²) in [6.07, 6.45) is 0. The molecule has 4 heterocycles. The summed E-state index contributed by atoms with van der Waals surface area (Å²) in [7, 11) is 0. The third-order valence-electron chi connectivity index (χ3n) is 11.6. The molecule has 0 amide bonds. The Labute approximate surface area is 305 Å². The number of hydrogen-bond donors (Lipinski definition) is 0. The summed E-state index contributed by atoms with van der Waals surface area (Å²) >= 11 is 1.93. The largest absolute Gasteiger partial charge is 0.309 e. The van der Waals surface area contributed by atoms with Gasteiger partial charge >= 0.3 is 0 Å². The van der Waals surface area contributed by atoms with E-state index < -0.39 is 5.41 Å². The molecule has 10 aromatic rings. The third-order valence-corrected chi connectivity index (χ3v) is 12.8. The van der Waals surface area contributed by atoms with Gasteiger partial charge in [0.15, 0.2) is 0 Å². The van der Waals surface area contributed by atoms with Crippen molar-refractivity contribution in [1.29, 1.82) is 0 Å². The molecular formula is C49H30N2S. The second kappa shape index (κ2) is 10.4. The van der Waals surface area contributed by atoms with Gasteiger partial charge in [-0.05, 0) is 75.8 Å². The monoisotopic (exact) mass is 678 g/mol. The van der Waals surface area contributed by atoms with Crippen LogP contribution in [-0.4, -0.2) is 9.13 Å². The van der Waals surface area contributed by atoms with Crippen LogP contribution in [0.15, 0.2) is 192 Å². The zero-order valence-corrected chi connectivity index (χ0v) is 28.9. The first-order valence-electron chi connectivity index (χ1n) is 17.9. The quantitative estimate of drug-likeness (QED) is 0.177. The smallest absolute Gasteiger partial charge is 0.0764 e. The van der Waals surface area contributed by atoms with Gasteiger partial charge in [0.2, 0.25) is 0 Å². The molecule has 0 bridgehead atoms. The van der Waals surface area contributed by atoms with Crippen molar-refractivity contribution in [3.8, 4) is 22.5 Å². The standard InChI is InChI=1S/C49H30N2S/c1-2-14-31(15-3-1)32-16-12-17-33(30-32)50-42-25-9-5-19-36(42)46-44(50)29-28-40-48(46)52-45-27-11-7-22-38(45)49(40)37-21-6-10-26-43(37)51-41-24-8-4-18-34(41)35-20-13-23-39(49)47(35)51/h1-30H. The highest BCUT2D eigenvalue weighted by molar-refractivity contribution is 7.99. The number of hydrogen-bond acceptors (Lipinski definition) is 1. The Morgan fingerprint density at radius 2 is 1.06 bits per heavy atom. The predicted molar refractivity (Wildman–Crippen MR) is 217 cm³/mol. The Morgan fingerprint density at radius 1 is 0.404 bits per heavy atom. The lowest BCUT2D eigenvalue weighted by atomic mass is 9.62. The molecule has 0 fully saturated rings. The van der Waals surface area contributed by atoms with Crippen LogP contribution in [0, 0.1) is 0 Å². The van der Waals surface area contributed by atoms with Gasteiger partial charge in [-0.2, -0.15) is 0 Å². The van der Waals surface area contributed by atoms with Crippen LogP contribution in [0.4, 0.5) is 0 Å². The van der Waals surface area contributed by atoms with E-state index >= 15 is 0 Å². The molecule has 1 spiro atoms. The molecule has 0 N–H and O–H groups in total. The van der Waals surface area contributed by atoms with E-state index in [1.54, 1.807) is 0 Å². The normalized spacial score (nSPS) is 15.7. The number of rotatable bonds is 2. The summed E-state index contributed by atoms with van der Waals surface area (Å²) in [6, 6.07) is 67.6. The second-order valence-electron chi connectivity index (χ2n) is 14.0. The fraction of sp³-hybridized carbons (Fsp3) is 0.0204. The average molecular weight is 679 g/mol. The average Bonchev–Trinajstić information content (AvgIpc) is 3.74. The Kier molecular flexibility index (Phi) is 5.67. The lowest BCUT2D eigenvalue weighted by Gasteiger charge is -2.45. The third kappa shape index (κ3) is 3.51. The number of nitrogens with zero attached hydrogens (tertiary/aromatic N) is 2. The van der Waals surface area contributed by atoms with E-state index in [9.17, 15) is 0 Å². The van der Waals surface area contributed by atoms with Crippen molar-refractivity contribution < 1.29 is 0 Å². The van der Waals surface area contributed by atoms with Gasteiger partial charge in [-0.25, -0.2) is 0 Å². The van der Waals surface area contributed by atoms with Gasteiger partial charge in [-0.1, -0.05) is 151 Å². The molecule has 1 unspecified atom stereocenters. The Morgan fingerprint density at radius 3 is 1.94 bits per heavy atom. The van der Waals surface area contributed by atoms with Crippen molar-refractivity contribution in [1.82, 2.24) is 9.13 Å². The van der Waals surface area contributed by atoms with Crippen LogP contribution in [0.1, 0.15) is 22.3 Å². The lowest BCUT2D eigenvalue weighted by Crippen LogP contribution is -2.37. The van der Waals surface area contributed by atoms with E-state index in [1.165, 1.54) is 98.2 Å². The fourth-order valence-corrected chi connectivity index (χ4v) is 10.9. The van der Waals surface area contributed by atoms with Crippen molar-refractivity contribution in [2.75, 3.05) is 0 Å². The van der Waals surface area contributed by atoms with Gasteiger partial charge < -0.3 is 9.13 Å². The minimum absolute atomic E-state index is 0.512. The molecule has 2 aliphatic rings. The topological polar surface area (TPSA) is 9.86 Å². The van der Waals surface area contributed by atoms with Crippen molar-refractivity contribution in [3.05, 3.63) is 204 Å². The first-order valence-corrected chi connectivity index (χ1v) is 18.8. The van der Waals surface area contributed by atoms with Crippen LogP contribution in [-0.2, 0) is 5.41 Å². The van der Waals surface area contributed by atoms with Crippen LogP contribution in [0.5, 0.6) is 0 Å². The van der Waals surface area contributed by atoms with E-state index in [1.807, 2.05) is 11.8 Å². The number of fused-ring (bicyclic) bond motifs is 15. The molecular weight excluding hydrogens is 649 g/mol. The van der Waals surface area contributed by atoms with Gasteiger partial charge in [0.1, 0.15) is 0 Å². The zero-order valence-electron chi connectivity index (χ0n) is 28.1. The first-order chi connectivity index (χ1) is 25.8. The summed E-state index contributed by atoms with van der Waals surface area (Å²) in [5.41, 5.74) is 14.7. The van der Waals surface area contributed by atoms with Gasteiger partial charge in [-0.3, -0.25) is 0 Å².